The number of hydrogen-bond acceptors (Lipinski definition) is 3. The van der Waals surface area contributed by atoms with Gasteiger partial charge in [0.05, 0.1) is 5.92 Å². The van der Waals surface area contributed by atoms with Gasteiger partial charge < -0.3 is 10.6 Å². The number of rotatable bonds is 5. The van der Waals surface area contributed by atoms with Gasteiger partial charge in [-0.15, -0.1) is 0 Å². The molecule has 0 radical (unpaired) electrons. The summed E-state index contributed by atoms with van der Waals surface area (Å²) >= 11 is 6.09. The molecule has 5 rings (SSSR count). The number of nitrogens with two attached hydrogens (primary N) is 1. The van der Waals surface area contributed by atoms with Crippen LogP contribution in [0.15, 0.2) is 48.5 Å². The highest BCUT2D eigenvalue weighted by Crippen LogP contribution is 2.56. The standard InChI is InChI=1S/C26H31ClN4O/c1-15(2)23-21-20-4-3-13-30(20)24(17-7-9-18(10-8-17)25(28)29)22(21)26(32)31(23)14-16-5-11-19(27)12-6-16/h5-12,15,20-24H,3-4,13-14H2,1-2H3,(H3,28,29)/t20-,21-,22-,23-,24-/m1/s1. The third-order valence-corrected chi connectivity index (χ3v) is 7.99. The Balaban J connectivity index is 1.52. The van der Waals surface area contributed by atoms with E-state index in [2.05, 4.69) is 35.8 Å². The van der Waals surface area contributed by atoms with Crippen LogP contribution in [-0.2, 0) is 11.3 Å². The van der Waals surface area contributed by atoms with Crippen molar-refractivity contribution in [3.8, 4) is 0 Å². The number of carbonyl (C=O) groups excluding carboxylic acids is 1. The van der Waals surface area contributed by atoms with E-state index in [0.29, 0.717) is 24.4 Å². The molecule has 3 saturated heterocycles. The van der Waals surface area contributed by atoms with Crippen molar-refractivity contribution in [2.75, 3.05) is 6.54 Å². The summed E-state index contributed by atoms with van der Waals surface area (Å²) in [6.45, 7) is 6.19. The van der Waals surface area contributed by atoms with Crippen molar-refractivity contribution in [3.05, 3.63) is 70.2 Å². The van der Waals surface area contributed by atoms with Crippen LogP contribution in [0, 0.1) is 23.2 Å². The van der Waals surface area contributed by atoms with E-state index in [4.69, 9.17) is 22.7 Å². The summed E-state index contributed by atoms with van der Waals surface area (Å²) in [4.78, 5) is 18.7. The van der Waals surface area contributed by atoms with Crippen molar-refractivity contribution in [3.63, 3.8) is 0 Å². The Labute approximate surface area is 195 Å². The zero-order valence-electron chi connectivity index (χ0n) is 18.7. The summed E-state index contributed by atoms with van der Waals surface area (Å²) in [5.41, 5.74) is 8.68. The van der Waals surface area contributed by atoms with Gasteiger partial charge in [-0.3, -0.25) is 15.1 Å². The fraction of sp³-hybridized carbons (Fsp3) is 0.462. The Kier molecular flexibility index (Phi) is 5.50. The lowest BCUT2D eigenvalue weighted by Crippen LogP contribution is -2.44. The molecule has 168 valence electrons. The van der Waals surface area contributed by atoms with Crippen LogP contribution in [0.25, 0.3) is 0 Å². The summed E-state index contributed by atoms with van der Waals surface area (Å²) in [5, 5.41) is 8.42. The first-order valence-electron chi connectivity index (χ1n) is 11.6. The molecule has 0 unspecified atom stereocenters. The molecule has 3 fully saturated rings. The van der Waals surface area contributed by atoms with Gasteiger partial charge in [0.2, 0.25) is 5.91 Å². The number of amides is 1. The van der Waals surface area contributed by atoms with E-state index < -0.39 is 0 Å². The second kappa shape index (κ2) is 8.20. The van der Waals surface area contributed by atoms with Gasteiger partial charge in [0.15, 0.2) is 0 Å². The van der Waals surface area contributed by atoms with E-state index in [1.165, 1.54) is 12.0 Å². The van der Waals surface area contributed by atoms with Crippen LogP contribution in [0.4, 0.5) is 0 Å². The number of nitrogens with one attached hydrogen (secondary N) is 1. The normalized spacial score (nSPS) is 29.6. The highest BCUT2D eigenvalue weighted by atomic mass is 35.5. The van der Waals surface area contributed by atoms with Crippen LogP contribution >= 0.6 is 11.6 Å². The van der Waals surface area contributed by atoms with Crippen molar-refractivity contribution in [1.29, 1.82) is 5.41 Å². The molecule has 3 N–H and O–H groups in total. The Morgan fingerprint density at radius 3 is 2.47 bits per heavy atom. The number of carbonyl (C=O) groups is 1. The van der Waals surface area contributed by atoms with Gasteiger partial charge in [0, 0.05) is 41.2 Å². The molecule has 3 aliphatic rings. The molecular weight excluding hydrogens is 420 g/mol. The van der Waals surface area contributed by atoms with Gasteiger partial charge >= 0.3 is 0 Å². The Bertz CT molecular complexity index is 1020. The lowest BCUT2D eigenvalue weighted by atomic mass is 9.79. The van der Waals surface area contributed by atoms with Crippen molar-refractivity contribution < 1.29 is 4.79 Å². The molecule has 3 aliphatic heterocycles. The number of benzene rings is 2. The number of hydrogen-bond donors (Lipinski definition) is 2. The third-order valence-electron chi connectivity index (χ3n) is 7.73. The van der Waals surface area contributed by atoms with Crippen molar-refractivity contribution in [2.45, 2.75) is 51.4 Å². The van der Waals surface area contributed by atoms with Gasteiger partial charge in [-0.1, -0.05) is 61.8 Å². The zero-order chi connectivity index (χ0) is 22.6. The van der Waals surface area contributed by atoms with E-state index in [-0.39, 0.29) is 29.7 Å². The second-order valence-corrected chi connectivity index (χ2v) is 10.3. The molecule has 0 bridgehead atoms. The largest absolute Gasteiger partial charge is 0.384 e. The second-order valence-electron chi connectivity index (χ2n) is 9.86. The maximum atomic E-state index is 14.0. The zero-order valence-corrected chi connectivity index (χ0v) is 19.4. The first-order valence-corrected chi connectivity index (χ1v) is 12.0. The lowest BCUT2D eigenvalue weighted by Gasteiger charge is -2.35. The molecule has 2 aromatic rings. The monoisotopic (exact) mass is 450 g/mol. The first-order chi connectivity index (χ1) is 15.4. The van der Waals surface area contributed by atoms with Crippen molar-refractivity contribution in [2.24, 2.45) is 23.5 Å². The summed E-state index contributed by atoms with van der Waals surface area (Å²) in [7, 11) is 0. The van der Waals surface area contributed by atoms with Crippen LogP contribution in [0.3, 0.4) is 0 Å². The summed E-state index contributed by atoms with van der Waals surface area (Å²) in [5.74, 6) is 1.06. The van der Waals surface area contributed by atoms with Crippen molar-refractivity contribution >= 4 is 23.3 Å². The van der Waals surface area contributed by atoms with E-state index in [1.807, 2.05) is 36.4 Å². The van der Waals surface area contributed by atoms with Crippen LogP contribution in [-0.4, -0.2) is 40.2 Å². The third kappa shape index (κ3) is 3.43. The number of halogens is 1. The minimum atomic E-state index is -0.0248. The molecule has 2 aromatic carbocycles. The number of likely N-dealkylation sites (tertiary alicyclic amines) is 1. The molecular formula is C26H31ClN4O. The molecule has 5 nitrogen and oxygen atoms in total. The quantitative estimate of drug-likeness (QED) is 0.522. The van der Waals surface area contributed by atoms with Gasteiger partial charge in [-0.2, -0.15) is 0 Å². The highest BCUT2D eigenvalue weighted by molar-refractivity contribution is 6.30. The summed E-state index contributed by atoms with van der Waals surface area (Å²) in [6, 6.07) is 16.6. The summed E-state index contributed by atoms with van der Waals surface area (Å²) < 4.78 is 0. The minimum Gasteiger partial charge on any atom is -0.384 e. The Morgan fingerprint density at radius 1 is 1.16 bits per heavy atom. The number of nitrogen functional groups attached to an aromatic ring is 1. The first kappa shape index (κ1) is 21.5. The van der Waals surface area contributed by atoms with Crippen LogP contribution < -0.4 is 5.73 Å². The molecule has 0 aromatic heterocycles. The fourth-order valence-corrected chi connectivity index (χ4v) is 6.67. The molecule has 5 atom stereocenters. The van der Waals surface area contributed by atoms with E-state index in [1.54, 1.807) is 0 Å². The topological polar surface area (TPSA) is 73.4 Å². The Morgan fingerprint density at radius 2 is 1.84 bits per heavy atom. The van der Waals surface area contributed by atoms with Gasteiger partial charge in [0.25, 0.3) is 0 Å². The maximum Gasteiger partial charge on any atom is 0.228 e. The minimum absolute atomic E-state index is 0.0248. The average Bonchev–Trinajstić information content (AvgIpc) is 3.42. The van der Waals surface area contributed by atoms with Gasteiger partial charge in [-0.25, -0.2) is 0 Å². The summed E-state index contributed by atoms with van der Waals surface area (Å²) in [6.07, 6.45) is 2.35. The number of nitrogens with zero attached hydrogens (tertiary/aromatic N) is 2. The smallest absolute Gasteiger partial charge is 0.228 e. The fourth-order valence-electron chi connectivity index (χ4n) is 6.55. The van der Waals surface area contributed by atoms with Gasteiger partial charge in [-0.05, 0) is 48.6 Å². The molecule has 0 aliphatic carbocycles. The van der Waals surface area contributed by atoms with Crippen LogP contribution in [0.2, 0.25) is 5.02 Å². The molecule has 3 heterocycles. The lowest BCUT2D eigenvalue weighted by molar-refractivity contribution is -0.134. The SMILES string of the molecule is CC(C)[C@@H]1[C@H]2[C@@H](C(=O)N1Cc1ccc(Cl)cc1)[C@@H](c1ccc(C(=N)N)cc1)N1CCC[C@H]21. The van der Waals surface area contributed by atoms with E-state index in [0.717, 1.165) is 29.1 Å². The van der Waals surface area contributed by atoms with E-state index in [9.17, 15) is 4.79 Å². The maximum absolute atomic E-state index is 14.0. The van der Waals surface area contributed by atoms with Gasteiger partial charge in [0.1, 0.15) is 5.84 Å². The average molecular weight is 451 g/mol. The molecule has 32 heavy (non-hydrogen) atoms. The van der Waals surface area contributed by atoms with Crippen LogP contribution in [0.5, 0.6) is 0 Å². The number of amidine groups is 1. The predicted octanol–water partition coefficient (Wildman–Crippen LogP) is 4.44. The Hall–Kier alpha value is -2.37. The molecule has 6 heteroatoms. The molecule has 0 saturated carbocycles. The van der Waals surface area contributed by atoms with E-state index >= 15 is 0 Å². The molecule has 1 amide bonds. The van der Waals surface area contributed by atoms with Crippen LogP contribution in [0.1, 0.15) is 49.4 Å². The van der Waals surface area contributed by atoms with Crippen molar-refractivity contribution in [1.82, 2.24) is 9.80 Å². The predicted molar refractivity (Wildman–Crippen MR) is 128 cm³/mol. The molecule has 0 spiro atoms. The highest BCUT2D eigenvalue weighted by Gasteiger charge is 2.62. The number of fused-ring (bicyclic) bond motifs is 3.